The predicted molar refractivity (Wildman–Crippen MR) is 133 cm³/mol. The number of carbonyl (C=O) groups is 2. The van der Waals surface area contributed by atoms with E-state index in [-0.39, 0.29) is 36.8 Å². The van der Waals surface area contributed by atoms with Crippen molar-refractivity contribution in [2.24, 2.45) is 0 Å². The first-order chi connectivity index (χ1) is 15.7. The Morgan fingerprint density at radius 2 is 1.73 bits per heavy atom. The van der Waals surface area contributed by atoms with Crippen LogP contribution in [0.25, 0.3) is 0 Å². The lowest BCUT2D eigenvalue weighted by Gasteiger charge is -2.31. The molecule has 2 aromatic rings. The normalized spacial score (nSPS) is 12.8. The van der Waals surface area contributed by atoms with Gasteiger partial charge in [-0.2, -0.15) is 0 Å². The summed E-state index contributed by atoms with van der Waals surface area (Å²) in [5.41, 5.74) is 1.90. The lowest BCUT2D eigenvalue weighted by Crippen LogP contribution is -2.51. The number of hydrogen-bond acceptors (Lipinski definition) is 3. The third kappa shape index (κ3) is 7.84. The van der Waals surface area contributed by atoms with Crippen LogP contribution in [0.3, 0.4) is 0 Å². The zero-order chi connectivity index (χ0) is 24.5. The molecule has 1 N–H and O–H groups in total. The number of amides is 2. The van der Waals surface area contributed by atoms with Crippen LogP contribution in [0.2, 0.25) is 0 Å². The summed E-state index contributed by atoms with van der Waals surface area (Å²) in [6.07, 6.45) is 1.24. The summed E-state index contributed by atoms with van der Waals surface area (Å²) in [5.74, 6) is 0.0652. The van der Waals surface area contributed by atoms with E-state index in [1.807, 2.05) is 39.0 Å². The van der Waals surface area contributed by atoms with Crippen LogP contribution >= 0.6 is 15.9 Å². The standard InChI is InChI=1S/C26H34BrFN2O3/c1-6-18(5)29-26(32)23(7-2)30(15-19-8-11-21(28)12-9-19)25(31)16-33-24-13-10-20(17(3)4)14-22(24)27/h8-14,17-18,23H,6-7,15-16H2,1-5H3,(H,29,32)/t18-,23-/m1/s1. The molecule has 2 rings (SSSR count). The number of ether oxygens (including phenoxy) is 1. The number of nitrogens with zero attached hydrogens (tertiary/aromatic N) is 1. The highest BCUT2D eigenvalue weighted by Crippen LogP contribution is 2.29. The van der Waals surface area contributed by atoms with Crippen LogP contribution in [0.4, 0.5) is 4.39 Å². The molecule has 0 heterocycles. The Morgan fingerprint density at radius 3 is 2.27 bits per heavy atom. The molecule has 5 nitrogen and oxygen atoms in total. The maximum Gasteiger partial charge on any atom is 0.261 e. The predicted octanol–water partition coefficient (Wildman–Crippen LogP) is 5.81. The van der Waals surface area contributed by atoms with Crippen molar-refractivity contribution in [3.63, 3.8) is 0 Å². The van der Waals surface area contributed by atoms with Gasteiger partial charge in [0, 0.05) is 12.6 Å². The molecule has 33 heavy (non-hydrogen) atoms. The van der Waals surface area contributed by atoms with Gasteiger partial charge in [0.05, 0.1) is 4.47 Å². The molecular formula is C26H34BrFN2O3. The highest BCUT2D eigenvalue weighted by Gasteiger charge is 2.29. The van der Waals surface area contributed by atoms with Gasteiger partial charge in [-0.1, -0.05) is 45.9 Å². The van der Waals surface area contributed by atoms with Gasteiger partial charge in [0.15, 0.2) is 6.61 Å². The maximum absolute atomic E-state index is 13.4. The van der Waals surface area contributed by atoms with Gasteiger partial charge in [-0.15, -0.1) is 0 Å². The Balaban J connectivity index is 2.22. The topological polar surface area (TPSA) is 58.6 Å². The summed E-state index contributed by atoms with van der Waals surface area (Å²) in [5, 5.41) is 2.97. The zero-order valence-electron chi connectivity index (χ0n) is 20.0. The average molecular weight is 521 g/mol. The Labute approximate surface area is 204 Å². The van der Waals surface area contributed by atoms with Gasteiger partial charge in [0.2, 0.25) is 5.91 Å². The van der Waals surface area contributed by atoms with E-state index in [0.29, 0.717) is 18.1 Å². The zero-order valence-corrected chi connectivity index (χ0v) is 21.6. The van der Waals surface area contributed by atoms with Crippen molar-refractivity contribution in [3.8, 4) is 5.75 Å². The molecule has 2 aromatic carbocycles. The molecular weight excluding hydrogens is 487 g/mol. The molecule has 2 atom stereocenters. The van der Waals surface area contributed by atoms with Crippen LogP contribution in [0.1, 0.15) is 64.5 Å². The summed E-state index contributed by atoms with van der Waals surface area (Å²) in [6.45, 7) is 9.97. The van der Waals surface area contributed by atoms with E-state index in [1.165, 1.54) is 17.0 Å². The molecule has 0 spiro atoms. The summed E-state index contributed by atoms with van der Waals surface area (Å²) >= 11 is 3.51. The quantitative estimate of drug-likeness (QED) is 0.406. The van der Waals surface area contributed by atoms with E-state index in [2.05, 4.69) is 35.1 Å². The van der Waals surface area contributed by atoms with Gasteiger partial charge in [0.1, 0.15) is 17.6 Å². The Kier molecular flexibility index (Phi) is 10.4. The van der Waals surface area contributed by atoms with Gasteiger partial charge >= 0.3 is 0 Å². The molecule has 180 valence electrons. The first kappa shape index (κ1) is 26.8. The molecule has 0 bridgehead atoms. The number of carbonyl (C=O) groups excluding carboxylic acids is 2. The van der Waals surface area contributed by atoms with Crippen LogP contribution in [0.5, 0.6) is 5.75 Å². The monoisotopic (exact) mass is 520 g/mol. The highest BCUT2D eigenvalue weighted by molar-refractivity contribution is 9.10. The van der Waals surface area contributed by atoms with Gasteiger partial charge < -0.3 is 15.0 Å². The van der Waals surface area contributed by atoms with E-state index < -0.39 is 6.04 Å². The van der Waals surface area contributed by atoms with E-state index in [9.17, 15) is 14.0 Å². The number of hydrogen-bond donors (Lipinski definition) is 1. The summed E-state index contributed by atoms with van der Waals surface area (Å²) in [7, 11) is 0. The summed E-state index contributed by atoms with van der Waals surface area (Å²) < 4.78 is 20.0. The van der Waals surface area contributed by atoms with Gasteiger partial charge in [0.25, 0.3) is 5.91 Å². The molecule has 2 amide bonds. The van der Waals surface area contributed by atoms with Crippen LogP contribution < -0.4 is 10.1 Å². The third-order valence-electron chi connectivity index (χ3n) is 5.63. The maximum atomic E-state index is 13.4. The minimum absolute atomic E-state index is 0.000926. The molecule has 0 aliphatic carbocycles. The van der Waals surface area contributed by atoms with Crippen LogP contribution in [0.15, 0.2) is 46.9 Å². The Hall–Kier alpha value is -2.41. The first-order valence-corrected chi connectivity index (χ1v) is 12.2. The number of rotatable bonds is 11. The summed E-state index contributed by atoms with van der Waals surface area (Å²) in [6, 6.07) is 11.1. The van der Waals surface area contributed by atoms with E-state index in [4.69, 9.17) is 4.74 Å². The van der Waals surface area contributed by atoms with Crippen molar-refractivity contribution in [1.82, 2.24) is 10.2 Å². The Bertz CT molecular complexity index is 934. The first-order valence-electron chi connectivity index (χ1n) is 11.4. The Morgan fingerprint density at radius 1 is 1.06 bits per heavy atom. The van der Waals surface area contributed by atoms with Gasteiger partial charge in [-0.3, -0.25) is 9.59 Å². The largest absolute Gasteiger partial charge is 0.483 e. The highest BCUT2D eigenvalue weighted by atomic mass is 79.9. The van der Waals surface area contributed by atoms with Crippen molar-refractivity contribution in [3.05, 3.63) is 63.9 Å². The van der Waals surface area contributed by atoms with Crippen molar-refractivity contribution >= 4 is 27.7 Å². The number of halogens is 2. The molecule has 7 heteroatoms. The lowest BCUT2D eigenvalue weighted by molar-refractivity contribution is -0.143. The number of nitrogens with one attached hydrogen (secondary N) is 1. The molecule has 0 radical (unpaired) electrons. The summed E-state index contributed by atoms with van der Waals surface area (Å²) in [4.78, 5) is 27.7. The second-order valence-electron chi connectivity index (χ2n) is 8.52. The minimum atomic E-state index is -0.660. The third-order valence-corrected chi connectivity index (χ3v) is 6.25. The lowest BCUT2D eigenvalue weighted by atomic mass is 10.0. The van der Waals surface area contributed by atoms with Crippen LogP contribution in [-0.4, -0.2) is 35.4 Å². The average Bonchev–Trinajstić information content (AvgIpc) is 2.78. The van der Waals surface area contributed by atoms with Crippen molar-refractivity contribution < 1.29 is 18.7 Å². The van der Waals surface area contributed by atoms with E-state index in [0.717, 1.165) is 22.0 Å². The fourth-order valence-corrected chi connectivity index (χ4v) is 3.87. The molecule has 0 aliphatic heterocycles. The molecule has 0 saturated heterocycles. The number of benzene rings is 2. The fourth-order valence-electron chi connectivity index (χ4n) is 3.36. The fraction of sp³-hybridized carbons (Fsp3) is 0.462. The van der Waals surface area contributed by atoms with Gasteiger partial charge in [-0.25, -0.2) is 4.39 Å². The molecule has 0 unspecified atom stereocenters. The second kappa shape index (κ2) is 12.7. The van der Waals surface area contributed by atoms with Crippen LogP contribution in [0, 0.1) is 5.82 Å². The van der Waals surface area contributed by atoms with E-state index in [1.54, 1.807) is 12.1 Å². The van der Waals surface area contributed by atoms with Crippen molar-refractivity contribution in [1.29, 1.82) is 0 Å². The second-order valence-corrected chi connectivity index (χ2v) is 9.38. The van der Waals surface area contributed by atoms with Crippen molar-refractivity contribution in [2.45, 2.75) is 72.0 Å². The minimum Gasteiger partial charge on any atom is -0.483 e. The van der Waals surface area contributed by atoms with Crippen LogP contribution in [-0.2, 0) is 16.1 Å². The molecule has 0 saturated carbocycles. The smallest absolute Gasteiger partial charge is 0.261 e. The van der Waals surface area contributed by atoms with Crippen molar-refractivity contribution in [2.75, 3.05) is 6.61 Å². The molecule has 0 aliphatic rings. The SMILES string of the molecule is CC[C@@H](C)NC(=O)[C@@H](CC)N(Cc1ccc(F)cc1)C(=O)COc1ccc(C(C)C)cc1Br. The molecule has 0 fully saturated rings. The van der Waals surface area contributed by atoms with E-state index >= 15 is 0 Å². The molecule has 0 aromatic heterocycles. The van der Waals surface area contributed by atoms with Gasteiger partial charge in [-0.05, 0) is 77.0 Å².